The first-order chi connectivity index (χ1) is 11.5. The average molecular weight is 460 g/mol. The van der Waals surface area contributed by atoms with Crippen LogP contribution in [0.5, 0.6) is 0 Å². The zero-order valence-electron chi connectivity index (χ0n) is 15.9. The highest BCUT2D eigenvalue weighted by molar-refractivity contribution is 14.0. The summed E-state index contributed by atoms with van der Waals surface area (Å²) < 4.78 is 3.94. The Labute approximate surface area is 166 Å². The summed E-state index contributed by atoms with van der Waals surface area (Å²) in [6.07, 6.45) is 1.89. The number of nitrogens with one attached hydrogen (secondary N) is 2. The molecule has 2 aromatic rings. The molecule has 2 N–H and O–H groups in total. The van der Waals surface area contributed by atoms with Crippen molar-refractivity contribution < 1.29 is 0 Å². The number of halogens is 1. The van der Waals surface area contributed by atoms with Crippen LogP contribution in [0.25, 0.3) is 0 Å². The van der Waals surface area contributed by atoms with Crippen molar-refractivity contribution in [3.63, 3.8) is 0 Å². The lowest BCUT2D eigenvalue weighted by Gasteiger charge is -2.12. The van der Waals surface area contributed by atoms with Gasteiger partial charge in [0.2, 0.25) is 0 Å². The summed E-state index contributed by atoms with van der Waals surface area (Å²) in [5, 5.41) is 19.5. The quantitative estimate of drug-likeness (QED) is 0.388. The van der Waals surface area contributed by atoms with Crippen LogP contribution in [0.2, 0.25) is 0 Å². The zero-order valence-corrected chi connectivity index (χ0v) is 18.3. The van der Waals surface area contributed by atoms with Crippen LogP contribution in [-0.4, -0.2) is 37.6 Å². The molecule has 0 radical (unpaired) electrons. The highest BCUT2D eigenvalue weighted by Crippen LogP contribution is 2.15. The maximum absolute atomic E-state index is 4.61. The van der Waals surface area contributed by atoms with E-state index < -0.39 is 0 Å². The van der Waals surface area contributed by atoms with Crippen molar-refractivity contribution in [2.75, 3.05) is 7.05 Å². The van der Waals surface area contributed by atoms with Crippen molar-refractivity contribution in [1.82, 2.24) is 35.2 Å². The smallest absolute Gasteiger partial charge is 0.191 e. The van der Waals surface area contributed by atoms with Crippen LogP contribution >= 0.6 is 24.0 Å². The molecule has 0 atom stereocenters. The van der Waals surface area contributed by atoms with E-state index in [1.165, 1.54) is 11.3 Å². The molecule has 8 nitrogen and oxygen atoms in total. The van der Waals surface area contributed by atoms with Gasteiger partial charge in [0.15, 0.2) is 11.8 Å². The fourth-order valence-corrected chi connectivity index (χ4v) is 2.75. The van der Waals surface area contributed by atoms with E-state index in [2.05, 4.69) is 44.8 Å². The summed E-state index contributed by atoms with van der Waals surface area (Å²) >= 11 is 0. The third-order valence-corrected chi connectivity index (χ3v) is 4.28. The molecular formula is C16H29IN8. The van der Waals surface area contributed by atoms with Crippen LogP contribution in [-0.2, 0) is 40.0 Å². The monoisotopic (exact) mass is 460 g/mol. The molecule has 0 aromatic carbocycles. The molecule has 25 heavy (non-hydrogen) atoms. The summed E-state index contributed by atoms with van der Waals surface area (Å²) in [5.41, 5.74) is 3.67. The van der Waals surface area contributed by atoms with Gasteiger partial charge in [0.05, 0.1) is 12.2 Å². The van der Waals surface area contributed by atoms with Gasteiger partial charge in [-0.25, -0.2) is 0 Å². The van der Waals surface area contributed by atoms with Gasteiger partial charge >= 0.3 is 0 Å². The molecule has 2 heterocycles. The lowest BCUT2D eigenvalue weighted by atomic mass is 10.1. The van der Waals surface area contributed by atoms with E-state index in [1.807, 2.05) is 30.3 Å². The topological polar surface area (TPSA) is 84.9 Å². The number of rotatable bonds is 6. The predicted molar refractivity (Wildman–Crippen MR) is 110 cm³/mol. The minimum Gasteiger partial charge on any atom is -0.352 e. The van der Waals surface area contributed by atoms with Crippen LogP contribution < -0.4 is 10.6 Å². The van der Waals surface area contributed by atoms with Crippen molar-refractivity contribution in [1.29, 1.82) is 0 Å². The molecule has 9 heteroatoms. The predicted octanol–water partition coefficient (Wildman–Crippen LogP) is 1.47. The Hall–Kier alpha value is -1.65. The lowest BCUT2D eigenvalue weighted by Crippen LogP contribution is -2.37. The maximum atomic E-state index is 4.61. The normalized spacial score (nSPS) is 11.4. The highest BCUT2D eigenvalue weighted by atomic mass is 127. The molecule has 0 fully saturated rings. The molecule has 0 saturated carbocycles. The van der Waals surface area contributed by atoms with Crippen molar-refractivity contribution in [2.24, 2.45) is 19.1 Å². The molecule has 0 aliphatic carbocycles. The van der Waals surface area contributed by atoms with Crippen LogP contribution in [0.3, 0.4) is 0 Å². The van der Waals surface area contributed by atoms with Crippen LogP contribution in [0.4, 0.5) is 0 Å². The molecule has 0 aliphatic rings. The van der Waals surface area contributed by atoms with E-state index in [0.717, 1.165) is 36.1 Å². The Morgan fingerprint density at radius 3 is 2.28 bits per heavy atom. The SMILES string of the molecule is CCc1nn(C)c(CC)c1CNC(=NC)NCc1nnc(C)n1C.I. The molecular weight excluding hydrogens is 431 g/mol. The van der Waals surface area contributed by atoms with Crippen molar-refractivity contribution in [3.05, 3.63) is 28.6 Å². The minimum atomic E-state index is 0. The standard InChI is InChI=1S/C16H28N8.HI/c1-7-13-12(14(8-2)24(6)22-13)9-18-16(17-4)19-10-15-21-20-11(3)23(15)5;/h7-10H2,1-6H3,(H2,17,18,19);1H. The van der Waals surface area contributed by atoms with Gasteiger partial charge < -0.3 is 15.2 Å². The molecule has 2 aromatic heterocycles. The van der Waals surface area contributed by atoms with Gasteiger partial charge in [-0.2, -0.15) is 5.10 Å². The first-order valence-corrected chi connectivity index (χ1v) is 8.34. The maximum Gasteiger partial charge on any atom is 0.191 e. The fraction of sp³-hybridized carbons (Fsp3) is 0.625. The number of hydrogen-bond donors (Lipinski definition) is 2. The third kappa shape index (κ3) is 4.93. The van der Waals surface area contributed by atoms with Gasteiger partial charge in [-0.05, 0) is 19.8 Å². The fourth-order valence-electron chi connectivity index (χ4n) is 2.75. The largest absolute Gasteiger partial charge is 0.352 e. The van der Waals surface area contributed by atoms with E-state index in [9.17, 15) is 0 Å². The summed E-state index contributed by atoms with van der Waals surface area (Å²) in [5.74, 6) is 2.51. The molecule has 0 unspecified atom stereocenters. The summed E-state index contributed by atoms with van der Waals surface area (Å²) in [7, 11) is 5.73. The number of nitrogens with zero attached hydrogens (tertiary/aromatic N) is 6. The Morgan fingerprint density at radius 2 is 1.76 bits per heavy atom. The summed E-state index contributed by atoms with van der Waals surface area (Å²) in [6, 6.07) is 0. The van der Waals surface area contributed by atoms with Gasteiger partial charge in [0.25, 0.3) is 0 Å². The number of aromatic nitrogens is 5. The minimum absolute atomic E-state index is 0. The van der Waals surface area contributed by atoms with E-state index >= 15 is 0 Å². The van der Waals surface area contributed by atoms with Crippen LogP contribution in [0.15, 0.2) is 4.99 Å². The van der Waals surface area contributed by atoms with E-state index in [-0.39, 0.29) is 24.0 Å². The van der Waals surface area contributed by atoms with Gasteiger partial charge in [-0.3, -0.25) is 9.67 Å². The third-order valence-electron chi connectivity index (χ3n) is 4.28. The van der Waals surface area contributed by atoms with Crippen LogP contribution in [0.1, 0.15) is 42.4 Å². The second kappa shape index (κ2) is 9.73. The van der Waals surface area contributed by atoms with E-state index in [0.29, 0.717) is 13.1 Å². The Bertz CT molecular complexity index is 716. The Kier molecular flexibility index (Phi) is 8.33. The van der Waals surface area contributed by atoms with Gasteiger partial charge in [0, 0.05) is 38.9 Å². The molecule has 0 saturated heterocycles. The molecule has 140 valence electrons. The molecule has 0 spiro atoms. The van der Waals surface area contributed by atoms with Crippen molar-refractivity contribution >= 4 is 29.9 Å². The number of aryl methyl sites for hydroxylation is 3. The van der Waals surface area contributed by atoms with Gasteiger partial charge in [-0.1, -0.05) is 13.8 Å². The van der Waals surface area contributed by atoms with Crippen LogP contribution in [0, 0.1) is 6.92 Å². The first kappa shape index (κ1) is 21.4. The molecule has 0 amide bonds. The Balaban J connectivity index is 0.00000312. The Morgan fingerprint density at radius 1 is 1.08 bits per heavy atom. The second-order valence-electron chi connectivity index (χ2n) is 5.70. The number of hydrogen-bond acceptors (Lipinski definition) is 4. The molecule has 0 bridgehead atoms. The molecule has 2 rings (SSSR count). The highest BCUT2D eigenvalue weighted by Gasteiger charge is 2.14. The zero-order chi connectivity index (χ0) is 17.7. The summed E-state index contributed by atoms with van der Waals surface area (Å²) in [4.78, 5) is 4.28. The number of guanidine groups is 1. The first-order valence-electron chi connectivity index (χ1n) is 8.34. The second-order valence-corrected chi connectivity index (χ2v) is 5.70. The lowest BCUT2D eigenvalue weighted by molar-refractivity contribution is 0.700. The molecule has 0 aliphatic heterocycles. The number of aliphatic imine (C=N–C) groups is 1. The van der Waals surface area contributed by atoms with Crippen molar-refractivity contribution in [3.8, 4) is 0 Å². The van der Waals surface area contributed by atoms with Crippen molar-refractivity contribution in [2.45, 2.75) is 46.7 Å². The summed E-state index contributed by atoms with van der Waals surface area (Å²) in [6.45, 7) is 7.51. The van der Waals surface area contributed by atoms with Gasteiger partial charge in [0.1, 0.15) is 5.82 Å². The van der Waals surface area contributed by atoms with Gasteiger partial charge in [-0.15, -0.1) is 34.2 Å². The van der Waals surface area contributed by atoms with E-state index in [4.69, 9.17) is 0 Å². The average Bonchev–Trinajstić information content (AvgIpc) is 3.07. The van der Waals surface area contributed by atoms with E-state index in [1.54, 1.807) is 7.05 Å².